The second-order valence-corrected chi connectivity index (χ2v) is 7.30. The fraction of sp³-hybridized carbons (Fsp3) is 0.684. The summed E-state index contributed by atoms with van der Waals surface area (Å²) in [6.45, 7) is 7.18. The maximum Gasteiger partial charge on any atom is 0.120 e. The number of aliphatic hydroxyl groups is 2. The maximum absolute atomic E-state index is 10.3. The summed E-state index contributed by atoms with van der Waals surface area (Å²) in [5, 5.41) is 20.3. The molecule has 2 N–H and O–H groups in total. The van der Waals surface area contributed by atoms with Gasteiger partial charge in [-0.3, -0.25) is 4.90 Å². The number of aliphatic hydroxyl groups excluding tert-OH is 2. The Bertz CT molecular complexity index is 540. The monoisotopic (exact) mass is 335 g/mol. The molecule has 2 aliphatic rings. The smallest absolute Gasteiger partial charge is 0.120 e. The van der Waals surface area contributed by atoms with Crippen LogP contribution < -0.4 is 4.74 Å². The number of piperidine rings is 1. The van der Waals surface area contributed by atoms with Crippen LogP contribution in [0.15, 0.2) is 24.3 Å². The van der Waals surface area contributed by atoms with Crippen LogP contribution in [0.25, 0.3) is 0 Å². The number of ether oxygens (including phenoxy) is 2. The quantitative estimate of drug-likeness (QED) is 0.881. The van der Waals surface area contributed by atoms with E-state index in [-0.39, 0.29) is 6.10 Å². The second kappa shape index (κ2) is 7.40. The predicted octanol–water partition coefficient (Wildman–Crippen LogP) is 1.95. The number of nitrogens with zero attached hydrogens (tertiary/aromatic N) is 1. The molecule has 1 spiro atoms. The van der Waals surface area contributed by atoms with Gasteiger partial charge >= 0.3 is 0 Å². The van der Waals surface area contributed by atoms with Gasteiger partial charge in [0.1, 0.15) is 11.9 Å². The Morgan fingerprint density at radius 2 is 2.04 bits per heavy atom. The minimum Gasteiger partial charge on any atom is -0.491 e. The highest BCUT2D eigenvalue weighted by atomic mass is 16.5. The summed E-state index contributed by atoms with van der Waals surface area (Å²) in [4.78, 5) is 2.37. The van der Waals surface area contributed by atoms with Gasteiger partial charge in [-0.1, -0.05) is 12.1 Å². The first-order valence-corrected chi connectivity index (χ1v) is 8.96. The Hall–Kier alpha value is -1.14. The van der Waals surface area contributed by atoms with Gasteiger partial charge in [0.05, 0.1) is 24.4 Å². The van der Waals surface area contributed by atoms with E-state index >= 15 is 0 Å². The van der Waals surface area contributed by atoms with E-state index in [2.05, 4.69) is 17.0 Å². The van der Waals surface area contributed by atoms with Gasteiger partial charge in [-0.2, -0.15) is 0 Å². The molecule has 134 valence electrons. The van der Waals surface area contributed by atoms with Crippen LogP contribution in [0.4, 0.5) is 0 Å². The predicted molar refractivity (Wildman–Crippen MR) is 92.0 cm³/mol. The van der Waals surface area contributed by atoms with Crippen molar-refractivity contribution < 1.29 is 19.7 Å². The first-order valence-electron chi connectivity index (χ1n) is 8.96. The van der Waals surface area contributed by atoms with E-state index in [4.69, 9.17) is 9.47 Å². The summed E-state index contributed by atoms with van der Waals surface area (Å²) in [5.74, 6) is 0.908. The van der Waals surface area contributed by atoms with Crippen LogP contribution in [0.3, 0.4) is 0 Å². The van der Waals surface area contributed by atoms with E-state index in [0.717, 1.165) is 38.2 Å². The number of hydrogen-bond donors (Lipinski definition) is 2. The molecule has 0 aliphatic carbocycles. The summed E-state index contributed by atoms with van der Waals surface area (Å²) >= 11 is 0. The molecule has 3 rings (SSSR count). The zero-order chi connectivity index (χ0) is 17.2. The molecule has 0 saturated carbocycles. The highest BCUT2D eigenvalue weighted by Crippen LogP contribution is 2.35. The molecule has 5 nitrogen and oxygen atoms in total. The number of hydrogen-bond acceptors (Lipinski definition) is 5. The van der Waals surface area contributed by atoms with Crippen LogP contribution >= 0.6 is 0 Å². The van der Waals surface area contributed by atoms with Crippen molar-refractivity contribution >= 4 is 0 Å². The third-order valence-electron chi connectivity index (χ3n) is 5.09. The molecular formula is C19H29NO4. The molecule has 2 heterocycles. The van der Waals surface area contributed by atoms with E-state index in [9.17, 15) is 10.2 Å². The van der Waals surface area contributed by atoms with Gasteiger partial charge in [0.2, 0.25) is 0 Å². The summed E-state index contributed by atoms with van der Waals surface area (Å²) in [6.07, 6.45) is 0.786. The van der Waals surface area contributed by atoms with E-state index in [0.29, 0.717) is 13.0 Å². The normalized spacial score (nSPS) is 27.5. The SMILES string of the molecule is CC(C)Oc1cccc(CN2CCC3(CC2)OCC[C@H](O)[C@@H]3O)c1. The summed E-state index contributed by atoms with van der Waals surface area (Å²) in [6, 6.07) is 8.23. The Labute approximate surface area is 144 Å². The van der Waals surface area contributed by atoms with Crippen LogP contribution in [0.2, 0.25) is 0 Å². The molecule has 2 fully saturated rings. The zero-order valence-corrected chi connectivity index (χ0v) is 14.6. The molecule has 24 heavy (non-hydrogen) atoms. The van der Waals surface area contributed by atoms with Crippen LogP contribution in [0.1, 0.15) is 38.7 Å². The molecule has 0 unspecified atom stereocenters. The Kier molecular flexibility index (Phi) is 5.45. The molecule has 0 bridgehead atoms. The van der Waals surface area contributed by atoms with Gasteiger partial charge < -0.3 is 19.7 Å². The van der Waals surface area contributed by atoms with E-state index in [1.807, 2.05) is 26.0 Å². The topological polar surface area (TPSA) is 62.2 Å². The Morgan fingerprint density at radius 1 is 1.29 bits per heavy atom. The Morgan fingerprint density at radius 3 is 2.75 bits per heavy atom. The van der Waals surface area contributed by atoms with Crippen LogP contribution in [-0.4, -0.2) is 58.7 Å². The lowest BCUT2D eigenvalue weighted by atomic mass is 9.80. The van der Waals surface area contributed by atoms with Crippen molar-refractivity contribution in [3.63, 3.8) is 0 Å². The Balaban J connectivity index is 1.57. The first-order chi connectivity index (χ1) is 11.5. The van der Waals surface area contributed by atoms with Crippen molar-refractivity contribution in [3.8, 4) is 5.75 Å². The minimum absolute atomic E-state index is 0.173. The largest absolute Gasteiger partial charge is 0.491 e. The third-order valence-corrected chi connectivity index (χ3v) is 5.09. The molecule has 2 atom stereocenters. The average Bonchev–Trinajstić information content (AvgIpc) is 2.54. The van der Waals surface area contributed by atoms with Gasteiger partial charge in [-0.15, -0.1) is 0 Å². The highest BCUT2D eigenvalue weighted by molar-refractivity contribution is 5.28. The van der Waals surface area contributed by atoms with Crippen LogP contribution in [0, 0.1) is 0 Å². The van der Waals surface area contributed by atoms with Crippen LogP contribution in [-0.2, 0) is 11.3 Å². The number of rotatable bonds is 4. The van der Waals surface area contributed by atoms with Crippen molar-refractivity contribution in [3.05, 3.63) is 29.8 Å². The highest BCUT2D eigenvalue weighted by Gasteiger charge is 2.47. The van der Waals surface area contributed by atoms with Gasteiger partial charge in [0.15, 0.2) is 0 Å². The third kappa shape index (κ3) is 3.91. The molecule has 0 amide bonds. The zero-order valence-electron chi connectivity index (χ0n) is 14.6. The average molecular weight is 335 g/mol. The summed E-state index contributed by atoms with van der Waals surface area (Å²) < 4.78 is 11.7. The lowest BCUT2D eigenvalue weighted by molar-refractivity contribution is -0.214. The van der Waals surface area contributed by atoms with E-state index in [1.54, 1.807) is 0 Å². The maximum atomic E-state index is 10.3. The van der Waals surface area contributed by atoms with Gasteiger partial charge in [-0.05, 0) is 50.8 Å². The second-order valence-electron chi connectivity index (χ2n) is 7.30. The fourth-order valence-corrected chi connectivity index (χ4v) is 3.75. The molecule has 2 aliphatic heterocycles. The standard InChI is InChI=1S/C19H29NO4/c1-14(2)24-16-5-3-4-15(12-16)13-20-9-7-19(8-10-20)18(22)17(21)6-11-23-19/h3-5,12,14,17-18,21-22H,6-11,13H2,1-2H3/t17-,18-/m0/s1. The van der Waals surface area contributed by atoms with Crippen molar-refractivity contribution in [2.75, 3.05) is 19.7 Å². The fourth-order valence-electron chi connectivity index (χ4n) is 3.75. The summed E-state index contributed by atoms with van der Waals surface area (Å²) in [7, 11) is 0. The molecule has 0 radical (unpaired) electrons. The summed E-state index contributed by atoms with van der Waals surface area (Å²) in [5.41, 5.74) is 0.672. The molecule has 5 heteroatoms. The lowest BCUT2D eigenvalue weighted by Crippen LogP contribution is -2.59. The van der Waals surface area contributed by atoms with Crippen LogP contribution in [0.5, 0.6) is 5.75 Å². The first kappa shape index (κ1) is 17.7. The lowest BCUT2D eigenvalue weighted by Gasteiger charge is -2.48. The molecule has 0 aromatic heterocycles. The minimum atomic E-state index is -0.767. The van der Waals surface area contributed by atoms with Gasteiger partial charge in [0, 0.05) is 19.6 Å². The number of benzene rings is 1. The molecule has 2 saturated heterocycles. The molecule has 1 aromatic rings. The molecular weight excluding hydrogens is 306 g/mol. The number of likely N-dealkylation sites (tertiary alicyclic amines) is 1. The molecule has 1 aromatic carbocycles. The van der Waals surface area contributed by atoms with E-state index < -0.39 is 17.8 Å². The van der Waals surface area contributed by atoms with Crippen molar-refractivity contribution in [2.24, 2.45) is 0 Å². The van der Waals surface area contributed by atoms with Crippen molar-refractivity contribution in [2.45, 2.75) is 63.6 Å². The van der Waals surface area contributed by atoms with Gasteiger partial charge in [-0.25, -0.2) is 0 Å². The van der Waals surface area contributed by atoms with E-state index in [1.165, 1.54) is 5.56 Å². The van der Waals surface area contributed by atoms with Crippen molar-refractivity contribution in [1.29, 1.82) is 0 Å². The van der Waals surface area contributed by atoms with Crippen molar-refractivity contribution in [1.82, 2.24) is 4.90 Å². The van der Waals surface area contributed by atoms with Gasteiger partial charge in [0.25, 0.3) is 0 Å².